The fraction of sp³-hybridized carbons (Fsp3) is 0. The van der Waals surface area contributed by atoms with Crippen LogP contribution in [0.15, 0.2) is 12.3 Å². The molecule has 0 atom stereocenters. The summed E-state index contributed by atoms with van der Waals surface area (Å²) >= 11 is -1.07. The van der Waals surface area contributed by atoms with Gasteiger partial charge in [0, 0.05) is 0 Å². The quantitative estimate of drug-likeness (QED) is 0.235. The van der Waals surface area contributed by atoms with Crippen molar-refractivity contribution in [1.29, 1.82) is 0 Å². The molecule has 0 saturated carbocycles. The number of nitrogens with two attached hydrogens (primary N) is 4. The van der Waals surface area contributed by atoms with Gasteiger partial charge in [-0.2, -0.15) is 0 Å². The van der Waals surface area contributed by atoms with Crippen molar-refractivity contribution in [3.8, 4) is 0 Å². The molecule has 0 fully saturated rings. The number of hydrogen-bond acceptors (Lipinski definition) is 5. The van der Waals surface area contributed by atoms with E-state index in [2.05, 4.69) is 6.58 Å². The van der Waals surface area contributed by atoms with Crippen LogP contribution in [-0.4, -0.2) is 3.79 Å². The van der Waals surface area contributed by atoms with E-state index in [1.54, 1.807) is 0 Å². The fourth-order valence-corrected chi connectivity index (χ4v) is 3.44. The third-order valence-electron chi connectivity index (χ3n) is 0.456. The second kappa shape index (κ2) is 3.53. The van der Waals surface area contributed by atoms with E-state index in [1.165, 1.54) is 0 Å². The normalized spacial score (nSPS) is 13.1. The Morgan fingerprint density at radius 3 is 1.90 bits per heavy atom. The van der Waals surface area contributed by atoms with Crippen LogP contribution in [0.1, 0.15) is 0 Å². The van der Waals surface area contributed by atoms with Crippen LogP contribution < -0.4 is 41.0 Å². The Morgan fingerprint density at radius 1 is 1.40 bits per heavy atom. The molecule has 0 rings (SSSR count). The average Bonchev–Trinajstić information content (AvgIpc) is 1.60. The van der Waals surface area contributed by atoms with E-state index >= 15 is 0 Å². The number of hydrogen-bond donors (Lipinski definition) is 4. The Kier molecular flexibility index (Phi) is 3.59. The van der Waals surface area contributed by atoms with Gasteiger partial charge < -0.3 is 0 Å². The van der Waals surface area contributed by atoms with Crippen LogP contribution in [0.3, 0.4) is 0 Å². The van der Waals surface area contributed by atoms with Crippen LogP contribution in [0, 0.1) is 0 Å². The molecule has 0 spiro atoms. The van der Waals surface area contributed by atoms with Gasteiger partial charge in [-0.3, -0.25) is 0 Å². The first-order valence-corrected chi connectivity index (χ1v) is 7.59. The van der Waals surface area contributed by atoms with E-state index in [-0.39, 0.29) is 9.49 Å². The van der Waals surface area contributed by atoms with E-state index in [1.807, 2.05) is 0 Å². The molecule has 0 unspecified atom stereocenters. The van der Waals surface area contributed by atoms with Gasteiger partial charge in [-0.05, 0) is 0 Å². The van der Waals surface area contributed by atoms with Gasteiger partial charge in [0.2, 0.25) is 0 Å². The third-order valence-corrected chi connectivity index (χ3v) is 5.04. The zero-order valence-corrected chi connectivity index (χ0v) is 8.18. The molecule has 10 heavy (non-hydrogen) atoms. The molecule has 0 radical (unpaired) electrons. The van der Waals surface area contributed by atoms with Gasteiger partial charge >= 0.3 is 69.6 Å². The molecule has 0 heterocycles. The van der Waals surface area contributed by atoms with Gasteiger partial charge in [-0.25, -0.2) is 0 Å². The molecule has 5 nitrogen and oxygen atoms in total. The van der Waals surface area contributed by atoms with Crippen molar-refractivity contribution >= 4 is 11.5 Å². The van der Waals surface area contributed by atoms with Crippen molar-refractivity contribution < 1.29 is 24.6 Å². The van der Waals surface area contributed by atoms with E-state index in [4.69, 9.17) is 21.2 Å². The Balaban J connectivity index is 3.93. The zero-order chi connectivity index (χ0) is 8.36. The summed E-state index contributed by atoms with van der Waals surface area (Å²) in [5.41, 5.74) is 5.06. The summed E-state index contributed by atoms with van der Waals surface area (Å²) in [5, 5.41) is 15.7. The predicted octanol–water partition coefficient (Wildman–Crippen LogP) is -4.58. The molecular weight excluding hydrogens is 267 g/mol. The second-order valence-corrected chi connectivity index (χ2v) is 9.93. The van der Waals surface area contributed by atoms with Gasteiger partial charge in [0.25, 0.3) is 0 Å². The predicted molar refractivity (Wildman–Crippen MR) is 38.5 cm³/mol. The number of carbonyl (C=O) groups is 1. The summed E-state index contributed by atoms with van der Waals surface area (Å²) in [5.74, 6) is 0. The standard InChI is InChI=1S/C3H10IN4OS/c1-2(5)3(9)4-10(6,7)8/h1,5-8H2/q-1. The van der Waals surface area contributed by atoms with Crippen LogP contribution in [0.5, 0.6) is 0 Å². The van der Waals surface area contributed by atoms with Crippen LogP contribution in [0.25, 0.3) is 0 Å². The zero-order valence-electron chi connectivity index (χ0n) is 5.21. The summed E-state index contributed by atoms with van der Waals surface area (Å²) < 4.78 is -0.277. The topological polar surface area (TPSA) is 121 Å². The minimum absolute atomic E-state index is 0.00831. The summed E-state index contributed by atoms with van der Waals surface area (Å²) in [4.78, 5) is 10.8. The molecule has 0 amide bonds. The molecule has 7 heteroatoms. The maximum absolute atomic E-state index is 10.8. The molecule has 0 bridgehead atoms. The molecule has 0 aromatic carbocycles. The summed E-state index contributed by atoms with van der Waals surface area (Å²) in [6.07, 6.45) is 0. The van der Waals surface area contributed by atoms with Crippen LogP contribution in [0.4, 0.5) is 0 Å². The van der Waals surface area contributed by atoms with Crippen LogP contribution >= 0.6 is 7.76 Å². The average molecular weight is 277 g/mol. The molecule has 0 aromatic rings. The Labute approximate surface area is 69.6 Å². The van der Waals surface area contributed by atoms with Crippen LogP contribution in [-0.2, 0) is 4.79 Å². The van der Waals surface area contributed by atoms with E-state index in [9.17, 15) is 4.79 Å². The van der Waals surface area contributed by atoms with Crippen LogP contribution in [0.2, 0.25) is 0 Å². The Morgan fingerprint density at radius 2 is 1.80 bits per heavy atom. The minimum atomic E-state index is -2.15. The van der Waals surface area contributed by atoms with Gasteiger partial charge in [0.05, 0.1) is 0 Å². The molecule has 0 aliphatic heterocycles. The molecule has 0 aliphatic carbocycles. The maximum atomic E-state index is 10.8. The van der Waals surface area contributed by atoms with Crippen molar-refractivity contribution in [3.63, 3.8) is 0 Å². The second-order valence-electron chi connectivity index (χ2n) is 1.55. The first kappa shape index (κ1) is 10.2. The third kappa shape index (κ3) is 4.99. The summed E-state index contributed by atoms with van der Waals surface area (Å²) in [6.45, 7) is 3.24. The van der Waals surface area contributed by atoms with Gasteiger partial charge in [-0.1, -0.05) is 0 Å². The Bertz CT molecular complexity index is 164. The molecule has 62 valence electrons. The molecule has 0 aromatic heterocycles. The number of halogens is 1. The Hall–Kier alpha value is 0.170. The van der Waals surface area contributed by atoms with Crippen molar-refractivity contribution in [2.45, 2.75) is 0 Å². The van der Waals surface area contributed by atoms with Gasteiger partial charge in [-0.15, -0.1) is 0 Å². The molecular formula is C3H10IN4OS-. The monoisotopic (exact) mass is 277 g/mol. The number of carbonyl (C=O) groups excluding carboxylic acids is 1. The molecule has 8 N–H and O–H groups in total. The SMILES string of the molecule is C=C(N)C(=O)[I-]S(N)(N)N. The van der Waals surface area contributed by atoms with Gasteiger partial charge in [0.1, 0.15) is 0 Å². The summed E-state index contributed by atoms with van der Waals surface area (Å²) in [7, 11) is -2.15. The van der Waals surface area contributed by atoms with Crippen molar-refractivity contribution in [3.05, 3.63) is 12.3 Å². The van der Waals surface area contributed by atoms with Crippen molar-refractivity contribution in [2.24, 2.45) is 21.2 Å². The molecule has 0 saturated heterocycles. The number of allylic oxidation sites excluding steroid dienone is 1. The van der Waals surface area contributed by atoms with Gasteiger partial charge in [0.15, 0.2) is 0 Å². The van der Waals surface area contributed by atoms with E-state index in [0.29, 0.717) is 0 Å². The first-order chi connectivity index (χ1) is 4.33. The van der Waals surface area contributed by atoms with E-state index in [0.717, 1.165) is 0 Å². The fourth-order valence-electron chi connectivity index (χ4n) is 0.171. The van der Waals surface area contributed by atoms with Crippen molar-refractivity contribution in [1.82, 2.24) is 0 Å². The number of rotatable bonds is 3. The van der Waals surface area contributed by atoms with Crippen molar-refractivity contribution in [2.75, 3.05) is 0 Å². The molecule has 0 aliphatic rings. The summed E-state index contributed by atoms with van der Waals surface area (Å²) in [6, 6.07) is 0. The van der Waals surface area contributed by atoms with E-state index < -0.39 is 27.6 Å². The first-order valence-electron chi connectivity index (χ1n) is 2.15.